The second-order valence-electron chi connectivity index (χ2n) is 4.70. The molecule has 1 rings (SSSR count). The number of nitrogens with one attached hydrogen (secondary N) is 1. The van der Waals surface area contributed by atoms with Gasteiger partial charge in [0.2, 0.25) is 0 Å². The smallest absolute Gasteiger partial charge is 0.151 e. The van der Waals surface area contributed by atoms with Crippen LogP contribution in [0.3, 0.4) is 0 Å². The monoisotopic (exact) mass is 264 g/mol. The van der Waals surface area contributed by atoms with Gasteiger partial charge in [-0.15, -0.1) is 0 Å². The Hall–Kier alpha value is -0.170. The first-order valence-corrected chi connectivity index (χ1v) is 7.97. The van der Waals surface area contributed by atoms with Crippen molar-refractivity contribution in [2.75, 3.05) is 51.9 Å². The zero-order chi connectivity index (χ0) is 12.7. The van der Waals surface area contributed by atoms with Crippen molar-refractivity contribution in [3.8, 4) is 0 Å². The predicted octanol–water partition coefficient (Wildman–Crippen LogP) is -0.269. The second kappa shape index (κ2) is 7.31. The van der Waals surface area contributed by atoms with Gasteiger partial charge in [-0.25, -0.2) is 8.42 Å². The first-order chi connectivity index (χ1) is 8.03. The lowest BCUT2D eigenvalue weighted by molar-refractivity contribution is 0.179. The van der Waals surface area contributed by atoms with Crippen molar-refractivity contribution in [3.63, 3.8) is 0 Å². The van der Waals surface area contributed by atoms with E-state index in [1.807, 2.05) is 0 Å². The third-order valence-corrected chi connectivity index (χ3v) is 4.82. The molecule has 0 aromatic carbocycles. The van der Waals surface area contributed by atoms with E-state index >= 15 is 0 Å². The lowest BCUT2D eigenvalue weighted by atomic mass is 10.2. The topological polar surface area (TPSA) is 58.6 Å². The molecule has 0 amide bonds. The summed E-state index contributed by atoms with van der Waals surface area (Å²) in [6.45, 7) is 3.60. The van der Waals surface area contributed by atoms with Gasteiger partial charge in [0, 0.05) is 39.4 Å². The Labute approximate surface area is 104 Å². The van der Waals surface area contributed by atoms with Crippen LogP contribution >= 0.6 is 0 Å². The highest BCUT2D eigenvalue weighted by molar-refractivity contribution is 7.91. The predicted molar refractivity (Wildman–Crippen MR) is 69.1 cm³/mol. The van der Waals surface area contributed by atoms with Gasteiger partial charge >= 0.3 is 0 Å². The highest BCUT2D eigenvalue weighted by Crippen LogP contribution is 2.10. The summed E-state index contributed by atoms with van der Waals surface area (Å²) in [5.74, 6) is 0.648. The number of nitrogens with zero attached hydrogens (tertiary/aromatic N) is 1. The minimum Gasteiger partial charge on any atom is -0.385 e. The molecular formula is C11H24N2O3S. The Morgan fingerprint density at radius 1 is 1.41 bits per heavy atom. The van der Waals surface area contributed by atoms with Gasteiger partial charge in [-0.05, 0) is 19.9 Å². The number of hydrogen-bond acceptors (Lipinski definition) is 5. The highest BCUT2D eigenvalue weighted by atomic mass is 32.2. The average molecular weight is 264 g/mol. The summed E-state index contributed by atoms with van der Waals surface area (Å²) in [7, 11) is 1.03. The van der Waals surface area contributed by atoms with Crippen LogP contribution in [0.25, 0.3) is 0 Å². The number of ether oxygens (including phenoxy) is 1. The lowest BCUT2D eigenvalue weighted by Gasteiger charge is -2.18. The zero-order valence-corrected chi connectivity index (χ0v) is 11.6. The van der Waals surface area contributed by atoms with Crippen LogP contribution in [0.2, 0.25) is 0 Å². The van der Waals surface area contributed by atoms with Crippen molar-refractivity contribution < 1.29 is 13.2 Å². The molecule has 1 N–H and O–H groups in total. The number of likely N-dealkylation sites (N-methyl/N-ethyl adjacent to an activating group) is 1. The molecule has 6 heteroatoms. The van der Waals surface area contributed by atoms with Crippen molar-refractivity contribution in [1.29, 1.82) is 0 Å². The Balaban J connectivity index is 2.04. The zero-order valence-electron chi connectivity index (χ0n) is 10.8. The summed E-state index contributed by atoms with van der Waals surface area (Å²) < 4.78 is 27.5. The molecule has 0 radical (unpaired) electrons. The first kappa shape index (κ1) is 14.9. The summed E-state index contributed by atoms with van der Waals surface area (Å²) in [6, 6.07) is 0.160. The number of methoxy groups -OCH3 is 1. The molecule has 5 nitrogen and oxygen atoms in total. The Morgan fingerprint density at radius 2 is 2.18 bits per heavy atom. The highest BCUT2D eigenvalue weighted by Gasteiger charge is 2.26. The molecule has 1 saturated heterocycles. The summed E-state index contributed by atoms with van der Waals surface area (Å²) in [4.78, 5) is 2.23. The van der Waals surface area contributed by atoms with Gasteiger partial charge in [-0.2, -0.15) is 0 Å². The molecule has 0 saturated carbocycles. The molecular weight excluding hydrogens is 240 g/mol. The third kappa shape index (κ3) is 6.35. The molecule has 1 fully saturated rings. The van der Waals surface area contributed by atoms with Crippen LogP contribution in [-0.2, 0) is 14.6 Å². The van der Waals surface area contributed by atoms with E-state index in [-0.39, 0.29) is 6.04 Å². The number of rotatable bonds is 8. The van der Waals surface area contributed by atoms with Crippen LogP contribution in [0.15, 0.2) is 0 Å². The Bertz CT molecular complexity index is 306. The fourth-order valence-corrected chi connectivity index (χ4v) is 3.71. The minimum absolute atomic E-state index is 0.160. The van der Waals surface area contributed by atoms with E-state index in [0.29, 0.717) is 11.5 Å². The molecule has 0 aliphatic carbocycles. The first-order valence-electron chi connectivity index (χ1n) is 6.15. The average Bonchev–Trinajstić information content (AvgIpc) is 2.59. The van der Waals surface area contributed by atoms with Gasteiger partial charge in [0.15, 0.2) is 9.84 Å². The van der Waals surface area contributed by atoms with Crippen LogP contribution in [-0.4, -0.2) is 71.3 Å². The summed E-state index contributed by atoms with van der Waals surface area (Å²) in [5.41, 5.74) is 0. The van der Waals surface area contributed by atoms with Crippen molar-refractivity contribution in [3.05, 3.63) is 0 Å². The molecule has 102 valence electrons. The lowest BCUT2D eigenvalue weighted by Crippen LogP contribution is -2.36. The van der Waals surface area contributed by atoms with Crippen LogP contribution in [0.1, 0.15) is 12.8 Å². The maximum Gasteiger partial charge on any atom is 0.151 e. The second-order valence-corrected chi connectivity index (χ2v) is 6.93. The van der Waals surface area contributed by atoms with Gasteiger partial charge in [0.05, 0.1) is 11.5 Å². The summed E-state index contributed by atoms with van der Waals surface area (Å²) in [6.07, 6.45) is 1.79. The Kier molecular flexibility index (Phi) is 6.40. The molecule has 0 aromatic heterocycles. The van der Waals surface area contributed by atoms with Crippen molar-refractivity contribution in [2.45, 2.75) is 18.9 Å². The molecule has 0 spiro atoms. The van der Waals surface area contributed by atoms with Gasteiger partial charge in [0.25, 0.3) is 0 Å². The SMILES string of the molecule is COCCCN(C)CCNC1CCS(=O)(=O)C1. The third-order valence-electron chi connectivity index (χ3n) is 3.05. The maximum absolute atomic E-state index is 11.2. The van der Waals surface area contributed by atoms with Gasteiger partial charge in [-0.3, -0.25) is 0 Å². The van der Waals surface area contributed by atoms with Gasteiger partial charge in [-0.1, -0.05) is 0 Å². The van der Waals surface area contributed by atoms with E-state index in [9.17, 15) is 8.42 Å². The molecule has 1 aliphatic heterocycles. The summed E-state index contributed by atoms with van der Waals surface area (Å²) >= 11 is 0. The molecule has 0 aromatic rings. The van der Waals surface area contributed by atoms with E-state index < -0.39 is 9.84 Å². The summed E-state index contributed by atoms with van der Waals surface area (Å²) in [5, 5.41) is 3.31. The quantitative estimate of drug-likeness (QED) is 0.612. The van der Waals surface area contributed by atoms with E-state index in [2.05, 4.69) is 17.3 Å². The fraction of sp³-hybridized carbons (Fsp3) is 1.00. The van der Waals surface area contributed by atoms with E-state index in [1.54, 1.807) is 7.11 Å². The number of sulfone groups is 1. The van der Waals surface area contributed by atoms with Gasteiger partial charge < -0.3 is 15.0 Å². The molecule has 1 atom stereocenters. The molecule has 1 aliphatic rings. The maximum atomic E-state index is 11.2. The van der Waals surface area contributed by atoms with Crippen molar-refractivity contribution in [2.24, 2.45) is 0 Å². The van der Waals surface area contributed by atoms with E-state index in [1.165, 1.54) is 0 Å². The largest absolute Gasteiger partial charge is 0.385 e. The van der Waals surface area contributed by atoms with E-state index in [0.717, 1.165) is 39.1 Å². The fourth-order valence-electron chi connectivity index (χ4n) is 2.01. The van der Waals surface area contributed by atoms with E-state index in [4.69, 9.17) is 4.74 Å². The van der Waals surface area contributed by atoms with Crippen LogP contribution in [0.5, 0.6) is 0 Å². The standard InChI is InChI=1S/C11H24N2O3S/c1-13(6-3-8-16-2)7-5-12-11-4-9-17(14,15)10-11/h11-12H,3-10H2,1-2H3. The molecule has 17 heavy (non-hydrogen) atoms. The van der Waals surface area contributed by atoms with Crippen molar-refractivity contribution in [1.82, 2.24) is 10.2 Å². The molecule has 0 bridgehead atoms. The normalized spacial score (nSPS) is 23.4. The van der Waals surface area contributed by atoms with Gasteiger partial charge in [0.1, 0.15) is 0 Å². The van der Waals surface area contributed by atoms with Crippen LogP contribution in [0.4, 0.5) is 0 Å². The minimum atomic E-state index is -2.76. The van der Waals surface area contributed by atoms with Crippen LogP contribution < -0.4 is 5.32 Å². The Morgan fingerprint density at radius 3 is 2.76 bits per heavy atom. The van der Waals surface area contributed by atoms with Crippen molar-refractivity contribution >= 4 is 9.84 Å². The number of hydrogen-bond donors (Lipinski definition) is 1. The van der Waals surface area contributed by atoms with Crippen LogP contribution in [0, 0.1) is 0 Å². The molecule has 1 unspecified atom stereocenters. The molecule has 1 heterocycles.